The molecule has 0 radical (unpaired) electrons. The van der Waals surface area contributed by atoms with Crippen LogP contribution in [-0.4, -0.2) is 77.9 Å². The van der Waals surface area contributed by atoms with E-state index in [0.29, 0.717) is 18.0 Å². The van der Waals surface area contributed by atoms with E-state index in [-0.39, 0.29) is 30.1 Å². The van der Waals surface area contributed by atoms with Crippen molar-refractivity contribution in [2.75, 3.05) is 26.3 Å². The molecule has 206 valence electrons. The molecule has 3 fully saturated rings. The van der Waals surface area contributed by atoms with Crippen LogP contribution in [0.4, 0.5) is 9.18 Å². The quantitative estimate of drug-likeness (QED) is 0.632. The molecular formula is C29H39FN4O4. The van der Waals surface area contributed by atoms with Crippen LogP contribution in [0, 0.1) is 23.1 Å². The molecule has 2 heterocycles. The zero-order valence-corrected chi connectivity index (χ0v) is 22.7. The van der Waals surface area contributed by atoms with E-state index in [0.717, 1.165) is 69.5 Å². The largest absolute Gasteiger partial charge is 0.444 e. The second-order valence-electron chi connectivity index (χ2n) is 12.2. The number of fused-ring (bicyclic) bond motifs is 3. The first kappa shape index (κ1) is 26.9. The Labute approximate surface area is 224 Å². The molecular weight excluding hydrogens is 487 g/mol. The van der Waals surface area contributed by atoms with Crippen LogP contribution in [-0.2, 0) is 33.5 Å². The van der Waals surface area contributed by atoms with Crippen molar-refractivity contribution >= 4 is 12.0 Å². The number of amides is 2. The van der Waals surface area contributed by atoms with Gasteiger partial charge in [0.15, 0.2) is 0 Å². The van der Waals surface area contributed by atoms with Crippen molar-refractivity contribution in [2.24, 2.45) is 5.92 Å². The predicted octanol–water partition coefficient (Wildman–Crippen LogP) is 3.35. The lowest BCUT2D eigenvalue weighted by Gasteiger charge is -2.37. The van der Waals surface area contributed by atoms with Gasteiger partial charge in [-0.25, -0.2) is 9.18 Å². The van der Waals surface area contributed by atoms with Gasteiger partial charge in [0.05, 0.1) is 19.3 Å². The first-order valence-corrected chi connectivity index (χ1v) is 14.0. The molecule has 2 aliphatic carbocycles. The smallest absolute Gasteiger partial charge is 0.411 e. The van der Waals surface area contributed by atoms with Crippen molar-refractivity contribution < 1.29 is 23.5 Å². The molecule has 2 bridgehead atoms. The van der Waals surface area contributed by atoms with Crippen molar-refractivity contribution in [1.82, 2.24) is 15.1 Å². The van der Waals surface area contributed by atoms with Gasteiger partial charge in [0.2, 0.25) is 5.91 Å². The number of carbonyl (C=O) groups is 2. The maximum Gasteiger partial charge on any atom is 0.411 e. The summed E-state index contributed by atoms with van der Waals surface area (Å²) in [6.45, 7) is 8.73. The highest BCUT2D eigenvalue weighted by atomic mass is 19.1. The fourth-order valence-corrected chi connectivity index (χ4v) is 6.76. The molecule has 8 nitrogen and oxygen atoms in total. The summed E-state index contributed by atoms with van der Waals surface area (Å²) in [5, 5.41) is 12.7. The van der Waals surface area contributed by atoms with Crippen molar-refractivity contribution in [1.29, 1.82) is 5.26 Å². The fourth-order valence-electron chi connectivity index (χ4n) is 6.76. The lowest BCUT2D eigenvalue weighted by atomic mass is 9.85. The summed E-state index contributed by atoms with van der Waals surface area (Å²) in [5.74, 6) is -0.569. The summed E-state index contributed by atoms with van der Waals surface area (Å²) in [6.07, 6.45) is 4.45. The molecule has 1 aromatic carbocycles. The summed E-state index contributed by atoms with van der Waals surface area (Å²) in [5.41, 5.74) is 1.54. The summed E-state index contributed by atoms with van der Waals surface area (Å²) in [7, 11) is 0. The number of halogens is 1. The number of benzene rings is 1. The summed E-state index contributed by atoms with van der Waals surface area (Å²) >= 11 is 0. The Morgan fingerprint density at radius 3 is 2.68 bits per heavy atom. The third-order valence-electron chi connectivity index (χ3n) is 8.52. The zero-order chi connectivity index (χ0) is 27.0. The van der Waals surface area contributed by atoms with Gasteiger partial charge in [-0.2, -0.15) is 5.26 Å². The molecule has 1 N–H and O–H groups in total. The van der Waals surface area contributed by atoms with Crippen molar-refractivity contribution in [3.8, 4) is 6.07 Å². The maximum atomic E-state index is 15.6. The Bertz CT molecular complexity index is 1110. The van der Waals surface area contributed by atoms with Gasteiger partial charge >= 0.3 is 6.09 Å². The number of rotatable bonds is 5. The Kier molecular flexibility index (Phi) is 7.65. The molecule has 2 saturated heterocycles. The zero-order valence-electron chi connectivity index (χ0n) is 22.7. The van der Waals surface area contributed by atoms with Crippen LogP contribution in [0.3, 0.4) is 0 Å². The number of ether oxygens (including phenoxy) is 2. The molecule has 9 heteroatoms. The third kappa shape index (κ3) is 5.52. The van der Waals surface area contributed by atoms with Crippen molar-refractivity contribution in [3.05, 3.63) is 34.6 Å². The van der Waals surface area contributed by atoms with E-state index in [2.05, 4.69) is 16.3 Å². The normalized spacial score (nSPS) is 27.9. The maximum absolute atomic E-state index is 15.6. The second-order valence-corrected chi connectivity index (χ2v) is 12.2. The van der Waals surface area contributed by atoms with Crippen LogP contribution in [0.5, 0.6) is 0 Å². The van der Waals surface area contributed by atoms with E-state index >= 15 is 4.39 Å². The van der Waals surface area contributed by atoms with Crippen LogP contribution in [0.25, 0.3) is 0 Å². The first-order valence-electron chi connectivity index (χ1n) is 14.0. The Morgan fingerprint density at radius 2 is 1.97 bits per heavy atom. The number of nitrogens with zero attached hydrogens (tertiary/aromatic N) is 3. The van der Waals surface area contributed by atoms with Crippen LogP contribution >= 0.6 is 0 Å². The van der Waals surface area contributed by atoms with Crippen LogP contribution in [0.2, 0.25) is 0 Å². The summed E-state index contributed by atoms with van der Waals surface area (Å²) in [4.78, 5) is 30.3. The van der Waals surface area contributed by atoms with Crippen LogP contribution in [0.15, 0.2) is 12.1 Å². The number of nitriles is 1. The molecule has 2 aliphatic heterocycles. The van der Waals surface area contributed by atoms with Gasteiger partial charge in [-0.1, -0.05) is 12.1 Å². The highest BCUT2D eigenvalue weighted by molar-refractivity contribution is 5.87. The van der Waals surface area contributed by atoms with Crippen LogP contribution < -0.4 is 5.32 Å². The molecule has 1 saturated carbocycles. The van der Waals surface area contributed by atoms with Crippen molar-refractivity contribution in [2.45, 2.75) is 95.5 Å². The first-order chi connectivity index (χ1) is 18.1. The SMILES string of the molecule is CC(C)(C)OC(=O)N1C2CCC(C2)C1C(=O)N[C@H](C#N)Cc1ccc2c(c1F)CCC(N1CCOCC1)C2. The summed E-state index contributed by atoms with van der Waals surface area (Å²) in [6, 6.07) is 4.71. The topological polar surface area (TPSA) is 94.9 Å². The van der Waals surface area contributed by atoms with Crippen LogP contribution in [0.1, 0.15) is 63.1 Å². The summed E-state index contributed by atoms with van der Waals surface area (Å²) < 4.78 is 26.6. The molecule has 2 amide bonds. The van der Waals surface area contributed by atoms with Gasteiger partial charge in [-0.05, 0) is 81.9 Å². The molecule has 5 rings (SSSR count). The number of hydrogen-bond donors (Lipinski definition) is 1. The number of nitrogens with one attached hydrogen (secondary N) is 1. The van der Waals surface area contributed by atoms with Gasteiger partial charge in [-0.3, -0.25) is 14.6 Å². The monoisotopic (exact) mass is 526 g/mol. The van der Waals surface area contributed by atoms with Gasteiger partial charge in [0.25, 0.3) is 0 Å². The van der Waals surface area contributed by atoms with Gasteiger partial charge in [0.1, 0.15) is 23.5 Å². The standard InChI is InChI=1S/C29H39FN4O4/c1-29(2,3)38-28(36)34-23-7-6-20(16-23)26(34)27(35)32-21(17-31)14-19-5-4-18-15-22(8-9-24(18)25(19)30)33-10-12-37-13-11-33/h4-5,20-23,26H,6-16H2,1-3H3,(H,32,35)/t20?,21-,22?,23?,26?/m0/s1. The molecule has 0 aromatic heterocycles. The van der Waals surface area contributed by atoms with Crippen molar-refractivity contribution in [3.63, 3.8) is 0 Å². The highest BCUT2D eigenvalue weighted by Crippen LogP contribution is 2.43. The fraction of sp³-hybridized carbons (Fsp3) is 0.690. The third-order valence-corrected chi connectivity index (χ3v) is 8.52. The number of carbonyl (C=O) groups excluding carboxylic acids is 2. The molecule has 5 atom stereocenters. The number of piperidine rings is 1. The molecule has 38 heavy (non-hydrogen) atoms. The van der Waals surface area contributed by atoms with E-state index < -0.39 is 23.8 Å². The van der Waals surface area contributed by atoms with Gasteiger partial charge in [-0.15, -0.1) is 0 Å². The molecule has 4 aliphatic rings. The van der Waals surface area contributed by atoms with Gasteiger partial charge < -0.3 is 14.8 Å². The molecule has 1 aromatic rings. The Morgan fingerprint density at radius 1 is 1.21 bits per heavy atom. The highest BCUT2D eigenvalue weighted by Gasteiger charge is 2.52. The predicted molar refractivity (Wildman–Crippen MR) is 139 cm³/mol. The number of hydrogen-bond acceptors (Lipinski definition) is 6. The number of likely N-dealkylation sites (tertiary alicyclic amines) is 1. The Hall–Kier alpha value is -2.70. The minimum atomic E-state index is -0.889. The average molecular weight is 527 g/mol. The van der Waals surface area contributed by atoms with E-state index in [1.165, 1.54) is 0 Å². The van der Waals surface area contributed by atoms with E-state index in [4.69, 9.17) is 9.47 Å². The average Bonchev–Trinajstić information content (AvgIpc) is 3.51. The minimum Gasteiger partial charge on any atom is -0.444 e. The number of morpholine rings is 1. The minimum absolute atomic E-state index is 0.0227. The lowest BCUT2D eigenvalue weighted by Crippen LogP contribution is -2.55. The lowest BCUT2D eigenvalue weighted by molar-refractivity contribution is -0.128. The van der Waals surface area contributed by atoms with Gasteiger partial charge in [0, 0.05) is 31.6 Å². The van der Waals surface area contributed by atoms with E-state index in [9.17, 15) is 14.9 Å². The second kappa shape index (κ2) is 10.8. The molecule has 4 unspecified atom stereocenters. The van der Waals surface area contributed by atoms with E-state index in [1.54, 1.807) is 31.7 Å². The molecule has 0 spiro atoms. The van der Waals surface area contributed by atoms with E-state index in [1.807, 2.05) is 6.07 Å². The Balaban J connectivity index is 1.25.